The minimum atomic E-state index is 0.849. The number of ether oxygens (including phenoxy) is 1. The Balaban J connectivity index is 1.54. The van der Waals surface area contributed by atoms with Crippen LogP contribution in [0.4, 0.5) is 5.69 Å². The molecule has 0 unspecified atom stereocenters. The van der Waals surface area contributed by atoms with Gasteiger partial charge in [0.1, 0.15) is 5.75 Å². The lowest BCUT2D eigenvalue weighted by Gasteiger charge is -2.30. The standard InChI is InChI=1S/C24H34N2O/c1-3-14-26(15-13-20-7-4-8-20)23-11-5-9-21(16-23)18-25-19-22-10-6-12-24(17-22)27-2/h5-6,9-12,16-17,20,25H,3-4,7-8,13-15,18-19H2,1-2H3. The Labute approximate surface area is 164 Å². The van der Waals surface area contributed by atoms with Crippen molar-refractivity contribution in [2.24, 2.45) is 5.92 Å². The number of hydrogen-bond donors (Lipinski definition) is 1. The summed E-state index contributed by atoms with van der Waals surface area (Å²) in [5.74, 6) is 1.88. The molecule has 0 amide bonds. The van der Waals surface area contributed by atoms with Gasteiger partial charge in [-0.05, 0) is 54.2 Å². The fraction of sp³-hybridized carbons (Fsp3) is 0.500. The molecule has 1 fully saturated rings. The molecule has 3 nitrogen and oxygen atoms in total. The lowest BCUT2D eigenvalue weighted by molar-refractivity contribution is 0.298. The Kier molecular flexibility index (Phi) is 7.58. The third-order valence-corrected chi connectivity index (χ3v) is 5.59. The van der Waals surface area contributed by atoms with Gasteiger partial charge in [-0.25, -0.2) is 0 Å². The first-order chi connectivity index (χ1) is 13.3. The quantitative estimate of drug-likeness (QED) is 0.577. The molecule has 27 heavy (non-hydrogen) atoms. The first kappa shape index (κ1) is 19.8. The van der Waals surface area contributed by atoms with Gasteiger partial charge in [-0.1, -0.05) is 50.5 Å². The van der Waals surface area contributed by atoms with Crippen LogP contribution in [-0.2, 0) is 13.1 Å². The van der Waals surface area contributed by atoms with E-state index in [0.29, 0.717) is 0 Å². The van der Waals surface area contributed by atoms with Crippen LogP contribution in [0.3, 0.4) is 0 Å². The summed E-state index contributed by atoms with van der Waals surface area (Å²) in [5.41, 5.74) is 3.97. The number of benzene rings is 2. The minimum Gasteiger partial charge on any atom is -0.497 e. The van der Waals surface area contributed by atoms with Crippen LogP contribution in [-0.4, -0.2) is 20.2 Å². The van der Waals surface area contributed by atoms with E-state index in [1.54, 1.807) is 7.11 Å². The van der Waals surface area contributed by atoms with Crippen molar-refractivity contribution < 1.29 is 4.74 Å². The molecule has 3 heteroatoms. The van der Waals surface area contributed by atoms with Crippen molar-refractivity contribution in [1.82, 2.24) is 5.32 Å². The van der Waals surface area contributed by atoms with Crippen LogP contribution in [0.2, 0.25) is 0 Å². The van der Waals surface area contributed by atoms with E-state index in [4.69, 9.17) is 4.74 Å². The predicted octanol–water partition coefficient (Wildman–Crippen LogP) is 5.39. The Hall–Kier alpha value is -2.00. The topological polar surface area (TPSA) is 24.5 Å². The van der Waals surface area contributed by atoms with Crippen molar-refractivity contribution in [3.63, 3.8) is 0 Å². The summed E-state index contributed by atoms with van der Waals surface area (Å²) in [6.07, 6.45) is 6.86. The van der Waals surface area contributed by atoms with E-state index in [1.165, 1.54) is 55.5 Å². The Bertz CT molecular complexity index is 696. The number of hydrogen-bond acceptors (Lipinski definition) is 3. The highest BCUT2D eigenvalue weighted by Crippen LogP contribution is 2.30. The maximum atomic E-state index is 5.30. The highest BCUT2D eigenvalue weighted by atomic mass is 16.5. The lowest BCUT2D eigenvalue weighted by Crippen LogP contribution is -2.28. The molecule has 2 aromatic carbocycles. The van der Waals surface area contributed by atoms with Crippen LogP contribution < -0.4 is 15.0 Å². The molecule has 2 aromatic rings. The normalized spacial score (nSPS) is 14.0. The summed E-state index contributed by atoms with van der Waals surface area (Å²) >= 11 is 0. The fourth-order valence-corrected chi connectivity index (χ4v) is 3.76. The minimum absolute atomic E-state index is 0.849. The smallest absolute Gasteiger partial charge is 0.119 e. The highest BCUT2D eigenvalue weighted by molar-refractivity contribution is 5.48. The molecule has 0 radical (unpaired) electrons. The van der Waals surface area contributed by atoms with E-state index in [-0.39, 0.29) is 0 Å². The molecule has 0 aromatic heterocycles. The van der Waals surface area contributed by atoms with E-state index >= 15 is 0 Å². The number of nitrogens with zero attached hydrogens (tertiary/aromatic N) is 1. The van der Waals surface area contributed by atoms with Crippen LogP contribution in [0, 0.1) is 5.92 Å². The van der Waals surface area contributed by atoms with Gasteiger partial charge in [0, 0.05) is 31.9 Å². The SMILES string of the molecule is CCCN(CCC1CCC1)c1cccc(CNCc2cccc(OC)c2)c1. The maximum absolute atomic E-state index is 5.30. The van der Waals surface area contributed by atoms with Gasteiger partial charge in [0.05, 0.1) is 7.11 Å². The zero-order valence-corrected chi connectivity index (χ0v) is 16.9. The number of rotatable bonds is 11. The molecule has 0 aliphatic heterocycles. The van der Waals surface area contributed by atoms with E-state index in [0.717, 1.165) is 31.3 Å². The second kappa shape index (κ2) is 10.4. The molecule has 0 atom stereocenters. The van der Waals surface area contributed by atoms with Crippen molar-refractivity contribution in [2.75, 3.05) is 25.1 Å². The average Bonchev–Trinajstić information content (AvgIpc) is 2.66. The van der Waals surface area contributed by atoms with Crippen molar-refractivity contribution in [3.8, 4) is 5.75 Å². The Morgan fingerprint density at radius 2 is 1.74 bits per heavy atom. The summed E-state index contributed by atoms with van der Waals surface area (Å²) < 4.78 is 5.30. The van der Waals surface area contributed by atoms with Crippen molar-refractivity contribution in [3.05, 3.63) is 59.7 Å². The predicted molar refractivity (Wildman–Crippen MR) is 114 cm³/mol. The maximum Gasteiger partial charge on any atom is 0.119 e. The third-order valence-electron chi connectivity index (χ3n) is 5.59. The van der Waals surface area contributed by atoms with Crippen molar-refractivity contribution >= 4 is 5.69 Å². The summed E-state index contributed by atoms with van der Waals surface area (Å²) in [5, 5.41) is 3.56. The van der Waals surface area contributed by atoms with Gasteiger partial charge in [-0.15, -0.1) is 0 Å². The molecule has 1 aliphatic carbocycles. The summed E-state index contributed by atoms with van der Waals surface area (Å²) in [6.45, 7) is 6.35. The molecule has 0 spiro atoms. The summed E-state index contributed by atoms with van der Waals surface area (Å²) in [4.78, 5) is 2.57. The molecular formula is C24H34N2O. The van der Waals surface area contributed by atoms with Gasteiger partial charge in [-0.2, -0.15) is 0 Å². The van der Waals surface area contributed by atoms with Crippen LogP contribution in [0.15, 0.2) is 48.5 Å². The lowest BCUT2D eigenvalue weighted by atomic mass is 9.83. The molecule has 1 saturated carbocycles. The molecule has 0 heterocycles. The summed E-state index contributed by atoms with van der Waals surface area (Å²) in [6, 6.07) is 17.3. The van der Waals surface area contributed by atoms with Gasteiger partial charge in [0.15, 0.2) is 0 Å². The molecular weight excluding hydrogens is 332 g/mol. The van der Waals surface area contributed by atoms with Crippen LogP contribution in [0.25, 0.3) is 0 Å². The highest BCUT2D eigenvalue weighted by Gasteiger charge is 2.18. The van der Waals surface area contributed by atoms with Gasteiger partial charge < -0.3 is 15.0 Å². The molecule has 3 rings (SSSR count). The largest absolute Gasteiger partial charge is 0.497 e. The van der Waals surface area contributed by atoms with Gasteiger partial charge in [0.2, 0.25) is 0 Å². The van der Waals surface area contributed by atoms with Crippen LogP contribution in [0.1, 0.15) is 50.2 Å². The van der Waals surface area contributed by atoms with Gasteiger partial charge in [-0.3, -0.25) is 0 Å². The van der Waals surface area contributed by atoms with E-state index in [9.17, 15) is 0 Å². The molecule has 1 aliphatic rings. The molecule has 0 bridgehead atoms. The first-order valence-corrected chi connectivity index (χ1v) is 10.5. The number of methoxy groups -OCH3 is 1. The summed E-state index contributed by atoms with van der Waals surface area (Å²) in [7, 11) is 1.71. The van der Waals surface area contributed by atoms with Crippen LogP contribution in [0.5, 0.6) is 5.75 Å². The van der Waals surface area contributed by atoms with E-state index in [1.807, 2.05) is 12.1 Å². The zero-order chi connectivity index (χ0) is 18.9. The molecule has 0 saturated heterocycles. The van der Waals surface area contributed by atoms with Gasteiger partial charge in [0.25, 0.3) is 0 Å². The molecule has 146 valence electrons. The second-order valence-electron chi connectivity index (χ2n) is 7.70. The fourth-order valence-electron chi connectivity index (χ4n) is 3.76. The first-order valence-electron chi connectivity index (χ1n) is 10.5. The van der Waals surface area contributed by atoms with E-state index < -0.39 is 0 Å². The zero-order valence-electron chi connectivity index (χ0n) is 16.9. The Morgan fingerprint density at radius 3 is 2.41 bits per heavy atom. The van der Waals surface area contributed by atoms with Crippen LogP contribution >= 0.6 is 0 Å². The Morgan fingerprint density at radius 1 is 1.00 bits per heavy atom. The molecule has 1 N–H and O–H groups in total. The monoisotopic (exact) mass is 366 g/mol. The van der Waals surface area contributed by atoms with E-state index in [2.05, 4.69) is 53.5 Å². The number of anilines is 1. The van der Waals surface area contributed by atoms with Crippen molar-refractivity contribution in [1.29, 1.82) is 0 Å². The van der Waals surface area contributed by atoms with Crippen molar-refractivity contribution in [2.45, 2.75) is 52.1 Å². The average molecular weight is 367 g/mol. The van der Waals surface area contributed by atoms with Gasteiger partial charge >= 0.3 is 0 Å². The third kappa shape index (κ3) is 6.00. The number of nitrogens with one attached hydrogen (secondary N) is 1. The second-order valence-corrected chi connectivity index (χ2v) is 7.70.